The van der Waals surface area contributed by atoms with Crippen LogP contribution in [0.25, 0.3) is 0 Å². The fourth-order valence-electron chi connectivity index (χ4n) is 3.02. The van der Waals surface area contributed by atoms with E-state index in [1.54, 1.807) is 0 Å². The molecule has 3 nitrogen and oxygen atoms in total. The Morgan fingerprint density at radius 1 is 1.10 bits per heavy atom. The maximum Gasteiger partial charge on any atom is 0.192 e. The molecule has 1 aromatic carbocycles. The van der Waals surface area contributed by atoms with Crippen LogP contribution >= 0.6 is 0 Å². The molecule has 0 unspecified atom stereocenters. The van der Waals surface area contributed by atoms with Crippen molar-refractivity contribution in [2.24, 2.45) is 11.8 Å². The summed E-state index contributed by atoms with van der Waals surface area (Å²) in [6.45, 7) is 6.71. The van der Waals surface area contributed by atoms with Gasteiger partial charge in [0.1, 0.15) is 0 Å². The topological polar surface area (TPSA) is 27.7 Å². The van der Waals surface area contributed by atoms with E-state index in [-0.39, 0.29) is 0 Å². The minimum Gasteiger partial charge on any atom is -0.419 e. The molecule has 0 aliphatic carbocycles. The van der Waals surface area contributed by atoms with Gasteiger partial charge >= 0.3 is 0 Å². The molecule has 0 aromatic heterocycles. The smallest absolute Gasteiger partial charge is 0.192 e. The van der Waals surface area contributed by atoms with Crippen LogP contribution < -0.4 is 5.19 Å². The van der Waals surface area contributed by atoms with Crippen LogP contribution in [-0.4, -0.2) is 42.8 Å². The lowest BCUT2D eigenvalue weighted by Gasteiger charge is -2.42. The number of ether oxygens (including phenoxy) is 2. The van der Waals surface area contributed by atoms with E-state index in [1.165, 1.54) is 10.8 Å². The first-order chi connectivity index (χ1) is 9.88. The van der Waals surface area contributed by atoms with Crippen LogP contribution in [0.5, 0.6) is 0 Å². The number of benzene rings is 1. The van der Waals surface area contributed by atoms with Gasteiger partial charge in [0.25, 0.3) is 0 Å². The quantitative estimate of drug-likeness (QED) is 0.558. The van der Waals surface area contributed by atoms with Crippen LogP contribution in [0.2, 0.25) is 0 Å². The van der Waals surface area contributed by atoms with E-state index in [9.17, 15) is 0 Å². The Morgan fingerprint density at radius 3 is 2.15 bits per heavy atom. The van der Waals surface area contributed by atoms with Crippen LogP contribution in [0.1, 0.15) is 24.8 Å². The summed E-state index contributed by atoms with van der Waals surface area (Å²) in [5, 5.41) is 1.40. The van der Waals surface area contributed by atoms with Gasteiger partial charge in [-0.1, -0.05) is 31.2 Å². The first-order valence-electron chi connectivity index (χ1n) is 7.70. The van der Waals surface area contributed by atoms with Crippen molar-refractivity contribution >= 4 is 14.9 Å². The second-order valence-electron chi connectivity index (χ2n) is 5.92. The summed E-state index contributed by atoms with van der Waals surface area (Å²) in [5.41, 5.74) is 1.46. The SMILES string of the molecule is CCCO[SiH2]c1ccc(C(C2COC2)C2COC2)cc1. The molecule has 2 heterocycles. The molecule has 0 amide bonds. The highest BCUT2D eigenvalue weighted by Crippen LogP contribution is 2.39. The predicted molar refractivity (Wildman–Crippen MR) is 82.2 cm³/mol. The van der Waals surface area contributed by atoms with Gasteiger partial charge in [-0.25, -0.2) is 0 Å². The zero-order valence-electron chi connectivity index (χ0n) is 12.2. The summed E-state index contributed by atoms with van der Waals surface area (Å²) in [7, 11) is -0.534. The normalized spacial score (nSPS) is 20.5. The standard InChI is InChI=1S/C16H24O3Si/c1-2-7-19-20-15-5-3-12(4-6-15)16(13-8-17-9-13)14-10-18-11-14/h3-6,13-14,16H,2,7-11,20H2,1H3. The second-order valence-corrected chi connectivity index (χ2v) is 7.43. The Kier molecular flexibility index (Phi) is 4.88. The largest absolute Gasteiger partial charge is 0.419 e. The predicted octanol–water partition coefficient (Wildman–Crippen LogP) is 1.20. The molecule has 2 aliphatic rings. The molecule has 0 N–H and O–H groups in total. The van der Waals surface area contributed by atoms with Gasteiger partial charge in [-0.15, -0.1) is 0 Å². The van der Waals surface area contributed by atoms with Crippen LogP contribution in [-0.2, 0) is 13.9 Å². The van der Waals surface area contributed by atoms with E-state index in [0.29, 0.717) is 17.8 Å². The molecule has 0 atom stereocenters. The van der Waals surface area contributed by atoms with Gasteiger partial charge in [-0.2, -0.15) is 0 Å². The highest BCUT2D eigenvalue weighted by Gasteiger charge is 2.38. The third-order valence-electron chi connectivity index (χ3n) is 4.33. The maximum absolute atomic E-state index is 5.73. The monoisotopic (exact) mass is 292 g/mol. The van der Waals surface area contributed by atoms with Gasteiger partial charge in [0.2, 0.25) is 0 Å². The van der Waals surface area contributed by atoms with Crippen molar-refractivity contribution in [3.05, 3.63) is 29.8 Å². The minimum absolute atomic E-state index is 0.534. The van der Waals surface area contributed by atoms with Gasteiger partial charge in [-0.05, 0) is 23.1 Å². The summed E-state index contributed by atoms with van der Waals surface area (Å²) in [6.07, 6.45) is 1.11. The molecule has 4 heteroatoms. The first-order valence-corrected chi connectivity index (χ1v) is 8.99. The molecule has 0 spiro atoms. The summed E-state index contributed by atoms with van der Waals surface area (Å²) < 4.78 is 16.5. The van der Waals surface area contributed by atoms with Gasteiger partial charge in [0.15, 0.2) is 9.76 Å². The Balaban J connectivity index is 1.64. The second kappa shape index (κ2) is 6.85. The lowest BCUT2D eigenvalue weighted by molar-refractivity contribution is -0.104. The van der Waals surface area contributed by atoms with Crippen molar-refractivity contribution < 1.29 is 13.9 Å². The zero-order chi connectivity index (χ0) is 13.8. The van der Waals surface area contributed by atoms with Gasteiger partial charge in [0, 0.05) is 18.4 Å². The van der Waals surface area contributed by atoms with E-state index in [1.807, 2.05) is 0 Å². The average molecular weight is 292 g/mol. The Morgan fingerprint density at radius 2 is 1.70 bits per heavy atom. The van der Waals surface area contributed by atoms with E-state index in [4.69, 9.17) is 13.9 Å². The molecule has 0 saturated carbocycles. The fraction of sp³-hybridized carbons (Fsp3) is 0.625. The van der Waals surface area contributed by atoms with Crippen molar-refractivity contribution in [3.63, 3.8) is 0 Å². The molecule has 0 radical (unpaired) electrons. The summed E-state index contributed by atoms with van der Waals surface area (Å²) in [6, 6.07) is 9.14. The Labute approximate surface area is 123 Å². The van der Waals surface area contributed by atoms with Gasteiger partial charge < -0.3 is 13.9 Å². The molecule has 2 aliphatic heterocycles. The molecule has 0 bridgehead atoms. The van der Waals surface area contributed by atoms with Gasteiger partial charge in [-0.3, -0.25) is 0 Å². The van der Waals surface area contributed by atoms with Crippen molar-refractivity contribution in [2.75, 3.05) is 33.0 Å². The number of rotatable bonds is 7. The van der Waals surface area contributed by atoms with Crippen molar-refractivity contribution in [3.8, 4) is 0 Å². The molecular weight excluding hydrogens is 268 g/mol. The Hall–Kier alpha value is -0.683. The fourth-order valence-corrected chi connectivity index (χ4v) is 4.12. The minimum atomic E-state index is -0.534. The van der Waals surface area contributed by atoms with Crippen molar-refractivity contribution in [1.29, 1.82) is 0 Å². The molecule has 2 saturated heterocycles. The molecule has 2 fully saturated rings. The number of hydrogen-bond donors (Lipinski definition) is 0. The molecule has 3 rings (SSSR count). The lowest BCUT2D eigenvalue weighted by atomic mass is 9.75. The van der Waals surface area contributed by atoms with Crippen LogP contribution in [0.4, 0.5) is 0 Å². The third-order valence-corrected chi connectivity index (χ3v) is 5.62. The van der Waals surface area contributed by atoms with Crippen molar-refractivity contribution in [2.45, 2.75) is 19.3 Å². The first kappa shape index (κ1) is 14.3. The molecule has 20 heavy (non-hydrogen) atoms. The van der Waals surface area contributed by atoms with Crippen LogP contribution in [0.15, 0.2) is 24.3 Å². The van der Waals surface area contributed by atoms with Gasteiger partial charge in [0.05, 0.1) is 26.4 Å². The van der Waals surface area contributed by atoms with Crippen molar-refractivity contribution in [1.82, 2.24) is 0 Å². The van der Waals surface area contributed by atoms with E-state index in [2.05, 4.69) is 31.2 Å². The molecular formula is C16H24O3Si. The Bertz CT molecular complexity index is 398. The molecule has 1 aromatic rings. The zero-order valence-corrected chi connectivity index (χ0v) is 13.6. The van der Waals surface area contributed by atoms with E-state index >= 15 is 0 Å². The van der Waals surface area contributed by atoms with E-state index < -0.39 is 9.76 Å². The highest BCUT2D eigenvalue weighted by molar-refractivity contribution is 6.46. The third kappa shape index (κ3) is 3.14. The summed E-state index contributed by atoms with van der Waals surface area (Å²) >= 11 is 0. The summed E-state index contributed by atoms with van der Waals surface area (Å²) in [5.74, 6) is 1.98. The lowest BCUT2D eigenvalue weighted by Crippen LogP contribution is -2.43. The molecule has 110 valence electrons. The summed E-state index contributed by atoms with van der Waals surface area (Å²) in [4.78, 5) is 0. The highest BCUT2D eigenvalue weighted by atomic mass is 28.2. The average Bonchev–Trinajstić information content (AvgIpc) is 2.35. The van der Waals surface area contributed by atoms with Crippen LogP contribution in [0, 0.1) is 11.8 Å². The van der Waals surface area contributed by atoms with E-state index in [0.717, 1.165) is 39.5 Å². The van der Waals surface area contributed by atoms with Crippen LogP contribution in [0.3, 0.4) is 0 Å². The maximum atomic E-state index is 5.73. The number of hydrogen-bond acceptors (Lipinski definition) is 3.